The van der Waals surface area contributed by atoms with E-state index in [0.29, 0.717) is 5.11 Å². The molecule has 0 fully saturated rings. The van der Waals surface area contributed by atoms with Crippen LogP contribution in [-0.4, -0.2) is 29.4 Å². The van der Waals surface area contributed by atoms with Gasteiger partial charge in [-0.1, -0.05) is 29.8 Å². The van der Waals surface area contributed by atoms with Crippen LogP contribution >= 0.6 is 12.2 Å². The molecule has 0 amide bonds. The van der Waals surface area contributed by atoms with Crippen LogP contribution in [0.15, 0.2) is 29.4 Å². The summed E-state index contributed by atoms with van der Waals surface area (Å²) in [4.78, 5) is 0. The van der Waals surface area contributed by atoms with Gasteiger partial charge in [0.15, 0.2) is 5.11 Å². The number of hydrogen-bond acceptors (Lipinski definition) is 2. The predicted molar refractivity (Wildman–Crippen MR) is 79.9 cm³/mol. The van der Waals surface area contributed by atoms with Crippen LogP contribution in [0.1, 0.15) is 30.4 Å². The zero-order valence-electron chi connectivity index (χ0n) is 10.9. The van der Waals surface area contributed by atoms with E-state index in [1.54, 1.807) is 0 Å². The van der Waals surface area contributed by atoms with Gasteiger partial charge in [-0.15, -0.1) is 0 Å². The second kappa shape index (κ2) is 5.96. The van der Waals surface area contributed by atoms with E-state index < -0.39 is 0 Å². The molecule has 0 aromatic heterocycles. The maximum atomic E-state index is 5.27. The van der Waals surface area contributed by atoms with E-state index in [2.05, 4.69) is 36.5 Å². The summed E-state index contributed by atoms with van der Waals surface area (Å²) in [5.74, 6) is 0. The minimum Gasteiger partial charge on any atom is -0.364 e. The van der Waals surface area contributed by atoms with E-state index >= 15 is 0 Å². The molecule has 3 nitrogen and oxygen atoms in total. The van der Waals surface area contributed by atoms with E-state index in [0.717, 1.165) is 31.5 Å². The Morgan fingerprint density at radius 1 is 1.28 bits per heavy atom. The Balaban J connectivity index is 2.26. The summed E-state index contributed by atoms with van der Waals surface area (Å²) in [6.07, 6.45) is 3.31. The maximum Gasteiger partial charge on any atom is 0.189 e. The van der Waals surface area contributed by atoms with Crippen molar-refractivity contribution in [1.29, 1.82) is 0 Å². The lowest BCUT2D eigenvalue weighted by Gasteiger charge is -2.18. The van der Waals surface area contributed by atoms with Crippen LogP contribution in [0, 0.1) is 6.92 Å². The van der Waals surface area contributed by atoms with Gasteiger partial charge in [-0.3, -0.25) is 0 Å². The molecule has 0 aliphatic carbocycles. The highest BCUT2D eigenvalue weighted by molar-refractivity contribution is 7.80. The normalized spacial score (nSPS) is 15.9. The molecule has 1 aliphatic rings. The van der Waals surface area contributed by atoms with Gasteiger partial charge in [0.05, 0.1) is 5.71 Å². The Hall–Kier alpha value is -1.42. The lowest BCUT2D eigenvalue weighted by atomic mass is 10.0. The molecule has 1 aliphatic heterocycles. The van der Waals surface area contributed by atoms with Crippen molar-refractivity contribution in [1.82, 2.24) is 10.3 Å². The summed E-state index contributed by atoms with van der Waals surface area (Å²) in [7, 11) is 1.84. The Labute approximate surface area is 114 Å². The highest BCUT2D eigenvalue weighted by atomic mass is 32.1. The van der Waals surface area contributed by atoms with Gasteiger partial charge in [0, 0.05) is 13.6 Å². The van der Waals surface area contributed by atoms with Crippen molar-refractivity contribution < 1.29 is 0 Å². The predicted octanol–water partition coefficient (Wildman–Crippen LogP) is 2.69. The molecule has 0 radical (unpaired) electrons. The first-order valence-corrected chi connectivity index (χ1v) is 6.75. The fourth-order valence-corrected chi connectivity index (χ4v) is 2.16. The van der Waals surface area contributed by atoms with E-state index in [1.807, 2.05) is 12.1 Å². The van der Waals surface area contributed by atoms with Crippen LogP contribution in [0.5, 0.6) is 0 Å². The molecule has 0 atom stereocenters. The Morgan fingerprint density at radius 3 is 2.67 bits per heavy atom. The molecule has 1 aromatic carbocycles. The minimum absolute atomic E-state index is 0.696. The molecule has 1 heterocycles. The van der Waals surface area contributed by atoms with Crippen LogP contribution in [0.4, 0.5) is 0 Å². The van der Waals surface area contributed by atoms with Crippen LogP contribution in [0.25, 0.3) is 0 Å². The lowest BCUT2D eigenvalue weighted by Crippen LogP contribution is -2.34. The number of hydrogen-bond donors (Lipinski definition) is 1. The molecule has 1 aromatic rings. The lowest BCUT2D eigenvalue weighted by molar-refractivity contribution is 0.437. The van der Waals surface area contributed by atoms with Gasteiger partial charge in [0.25, 0.3) is 0 Å². The molecule has 1 N–H and O–H groups in total. The van der Waals surface area contributed by atoms with Gasteiger partial charge < -0.3 is 5.32 Å². The third kappa shape index (κ3) is 3.07. The Bertz CT molecular complexity index is 451. The largest absolute Gasteiger partial charge is 0.364 e. The van der Waals surface area contributed by atoms with E-state index in [9.17, 15) is 0 Å². The molecule has 0 spiro atoms. The number of hydrazone groups is 1. The van der Waals surface area contributed by atoms with E-state index in [4.69, 9.17) is 17.3 Å². The number of nitrogens with one attached hydrogen (secondary N) is 1. The topological polar surface area (TPSA) is 27.6 Å². The quantitative estimate of drug-likeness (QED) is 0.788. The maximum absolute atomic E-state index is 5.27. The van der Waals surface area contributed by atoms with Crippen LogP contribution in [-0.2, 0) is 0 Å². The van der Waals surface area contributed by atoms with Crippen LogP contribution in [0.3, 0.4) is 0 Å². The fraction of sp³-hybridized carbons (Fsp3) is 0.429. The third-order valence-corrected chi connectivity index (χ3v) is 3.52. The molecule has 0 saturated heterocycles. The molecular formula is C14H19N3S. The van der Waals surface area contributed by atoms with E-state index in [-0.39, 0.29) is 0 Å². The molecule has 0 unspecified atom stereocenters. The molecule has 0 saturated carbocycles. The summed E-state index contributed by atoms with van der Waals surface area (Å²) in [5, 5.41) is 10.3. The molecule has 96 valence electrons. The number of aryl methyl sites for hydroxylation is 1. The van der Waals surface area contributed by atoms with Crippen molar-refractivity contribution >= 4 is 23.0 Å². The highest BCUT2D eigenvalue weighted by Crippen LogP contribution is 2.15. The summed E-state index contributed by atoms with van der Waals surface area (Å²) in [6.45, 7) is 3.00. The van der Waals surface area contributed by atoms with Gasteiger partial charge in [-0.2, -0.15) is 5.10 Å². The summed E-state index contributed by atoms with van der Waals surface area (Å²) < 4.78 is 0. The van der Waals surface area contributed by atoms with Crippen molar-refractivity contribution in [3.8, 4) is 0 Å². The van der Waals surface area contributed by atoms with Crippen molar-refractivity contribution in [2.45, 2.75) is 26.2 Å². The zero-order chi connectivity index (χ0) is 13.0. The summed E-state index contributed by atoms with van der Waals surface area (Å²) in [5.41, 5.74) is 3.60. The number of benzene rings is 1. The second-order valence-corrected chi connectivity index (χ2v) is 4.93. The van der Waals surface area contributed by atoms with Crippen molar-refractivity contribution in [3.63, 3.8) is 0 Å². The van der Waals surface area contributed by atoms with Gasteiger partial charge >= 0.3 is 0 Å². The monoisotopic (exact) mass is 261 g/mol. The molecule has 0 bridgehead atoms. The second-order valence-electron chi connectivity index (χ2n) is 4.55. The number of rotatable bonds is 1. The van der Waals surface area contributed by atoms with Gasteiger partial charge in [0.1, 0.15) is 0 Å². The number of thiocarbonyl (C=S) groups is 1. The van der Waals surface area contributed by atoms with E-state index in [1.165, 1.54) is 11.1 Å². The SMILES string of the molecule is CNC(=S)N1CCCCC(c2ccc(C)cc2)=N1. The van der Waals surface area contributed by atoms with Crippen molar-refractivity contribution in [3.05, 3.63) is 35.4 Å². The fourth-order valence-electron chi connectivity index (χ4n) is 2.02. The summed E-state index contributed by atoms with van der Waals surface area (Å²) >= 11 is 5.27. The molecular weight excluding hydrogens is 242 g/mol. The zero-order valence-corrected chi connectivity index (χ0v) is 11.8. The Morgan fingerprint density at radius 2 is 2.00 bits per heavy atom. The first kappa shape index (κ1) is 13.0. The average molecular weight is 261 g/mol. The smallest absolute Gasteiger partial charge is 0.189 e. The van der Waals surface area contributed by atoms with Gasteiger partial charge in [0.2, 0.25) is 0 Å². The van der Waals surface area contributed by atoms with Gasteiger partial charge in [-0.05, 0) is 44.0 Å². The Kier molecular flexibility index (Phi) is 4.31. The van der Waals surface area contributed by atoms with Crippen LogP contribution < -0.4 is 5.32 Å². The van der Waals surface area contributed by atoms with Crippen LogP contribution in [0.2, 0.25) is 0 Å². The molecule has 2 rings (SSSR count). The highest BCUT2D eigenvalue weighted by Gasteiger charge is 2.14. The molecule has 4 heteroatoms. The minimum atomic E-state index is 0.696. The van der Waals surface area contributed by atoms with Gasteiger partial charge in [-0.25, -0.2) is 5.01 Å². The first-order chi connectivity index (χ1) is 8.70. The standard InChI is InChI=1S/C14H19N3S/c1-11-6-8-12(9-7-11)13-5-3-4-10-17(16-13)14(18)15-2/h6-9H,3-5,10H2,1-2H3,(H,15,18). The molecule has 18 heavy (non-hydrogen) atoms. The third-order valence-electron chi connectivity index (χ3n) is 3.11. The summed E-state index contributed by atoms with van der Waals surface area (Å²) in [6, 6.07) is 8.53. The van der Waals surface area contributed by atoms with Crippen molar-refractivity contribution in [2.24, 2.45) is 5.10 Å². The number of nitrogens with zero attached hydrogens (tertiary/aromatic N) is 2. The van der Waals surface area contributed by atoms with Crippen molar-refractivity contribution in [2.75, 3.05) is 13.6 Å². The first-order valence-electron chi connectivity index (χ1n) is 6.34. The average Bonchev–Trinajstić information content (AvgIpc) is 2.64.